The molecule has 0 aliphatic rings. The number of benzene rings is 1. The van der Waals surface area contributed by atoms with Crippen molar-refractivity contribution in [3.8, 4) is 0 Å². The van der Waals surface area contributed by atoms with E-state index in [0.29, 0.717) is 23.3 Å². The highest BCUT2D eigenvalue weighted by atomic mass is 32.1. The molecule has 2 N–H and O–H groups in total. The molecule has 1 aromatic carbocycles. The summed E-state index contributed by atoms with van der Waals surface area (Å²) in [5.74, 6) is 0.0273. The Labute approximate surface area is 125 Å². The molecule has 4 nitrogen and oxygen atoms in total. The van der Waals surface area contributed by atoms with Gasteiger partial charge in [-0.05, 0) is 50.6 Å². The Morgan fingerprint density at radius 1 is 1.35 bits per heavy atom. The summed E-state index contributed by atoms with van der Waals surface area (Å²) in [7, 11) is 0. The van der Waals surface area contributed by atoms with Gasteiger partial charge in [0.1, 0.15) is 11.7 Å². The molecular formula is C15H22O4S. The first-order valence-electron chi connectivity index (χ1n) is 6.55. The first-order valence-corrected chi connectivity index (χ1v) is 7.18. The summed E-state index contributed by atoms with van der Waals surface area (Å²) < 4.78 is 5.27. The van der Waals surface area contributed by atoms with Crippen molar-refractivity contribution in [3.63, 3.8) is 0 Å². The second-order valence-corrected chi connectivity index (χ2v) is 6.10. The van der Waals surface area contributed by atoms with Crippen LogP contribution in [0.5, 0.6) is 0 Å². The van der Waals surface area contributed by atoms with Crippen LogP contribution in [-0.4, -0.2) is 33.6 Å². The summed E-state index contributed by atoms with van der Waals surface area (Å²) in [6.45, 7) is 5.38. The van der Waals surface area contributed by atoms with Gasteiger partial charge in [-0.25, -0.2) is 4.79 Å². The van der Waals surface area contributed by atoms with Crippen LogP contribution < -0.4 is 0 Å². The van der Waals surface area contributed by atoms with Crippen LogP contribution in [0.4, 0.5) is 0 Å². The van der Waals surface area contributed by atoms with Gasteiger partial charge in [0.05, 0.1) is 11.7 Å². The molecular weight excluding hydrogens is 276 g/mol. The third kappa shape index (κ3) is 5.15. The predicted molar refractivity (Wildman–Crippen MR) is 81.0 cm³/mol. The molecule has 0 aliphatic heterocycles. The van der Waals surface area contributed by atoms with Gasteiger partial charge in [-0.2, -0.15) is 12.6 Å². The van der Waals surface area contributed by atoms with E-state index in [1.54, 1.807) is 45.0 Å². The van der Waals surface area contributed by atoms with Gasteiger partial charge in [0.15, 0.2) is 0 Å². The SMILES string of the molecule is CC(C)(C)OC(=O)c1cccc(C(O)C(O)CCS)c1. The zero-order valence-electron chi connectivity index (χ0n) is 12.0. The van der Waals surface area contributed by atoms with Crippen molar-refractivity contribution in [3.05, 3.63) is 35.4 Å². The van der Waals surface area contributed by atoms with Crippen LogP contribution >= 0.6 is 12.6 Å². The van der Waals surface area contributed by atoms with Crippen molar-refractivity contribution in [1.29, 1.82) is 0 Å². The Kier molecular flexibility index (Phi) is 6.05. The molecule has 2 atom stereocenters. The van der Waals surface area contributed by atoms with E-state index in [2.05, 4.69) is 12.6 Å². The van der Waals surface area contributed by atoms with E-state index in [0.717, 1.165) is 0 Å². The number of hydrogen-bond acceptors (Lipinski definition) is 5. The first-order chi connectivity index (χ1) is 9.24. The molecule has 0 aromatic heterocycles. The number of carbonyl (C=O) groups excluding carboxylic acids is 1. The maximum Gasteiger partial charge on any atom is 0.338 e. The smallest absolute Gasteiger partial charge is 0.338 e. The lowest BCUT2D eigenvalue weighted by Gasteiger charge is -2.21. The van der Waals surface area contributed by atoms with Crippen LogP contribution in [-0.2, 0) is 4.74 Å². The van der Waals surface area contributed by atoms with Crippen molar-refractivity contribution in [2.45, 2.75) is 45.0 Å². The Bertz CT molecular complexity index is 453. The summed E-state index contributed by atoms with van der Waals surface area (Å²) in [6, 6.07) is 6.49. The van der Waals surface area contributed by atoms with E-state index in [-0.39, 0.29) is 0 Å². The largest absolute Gasteiger partial charge is 0.456 e. The number of aliphatic hydroxyl groups excluding tert-OH is 2. The summed E-state index contributed by atoms with van der Waals surface area (Å²) in [6.07, 6.45) is -1.56. The van der Waals surface area contributed by atoms with Crippen molar-refractivity contribution < 1.29 is 19.7 Å². The van der Waals surface area contributed by atoms with Crippen molar-refractivity contribution in [1.82, 2.24) is 0 Å². The zero-order chi connectivity index (χ0) is 15.3. The van der Waals surface area contributed by atoms with Crippen LogP contribution in [0, 0.1) is 0 Å². The minimum absolute atomic E-state index is 0.356. The number of hydrogen-bond donors (Lipinski definition) is 3. The molecule has 112 valence electrons. The maximum atomic E-state index is 12.0. The Morgan fingerprint density at radius 3 is 2.55 bits per heavy atom. The first kappa shape index (κ1) is 17.0. The normalized spacial score (nSPS) is 14.7. The van der Waals surface area contributed by atoms with Gasteiger partial charge < -0.3 is 14.9 Å². The van der Waals surface area contributed by atoms with E-state index in [1.165, 1.54) is 0 Å². The molecule has 20 heavy (non-hydrogen) atoms. The lowest BCUT2D eigenvalue weighted by atomic mass is 10.0. The Hall–Kier alpha value is -1.04. The molecule has 0 bridgehead atoms. The van der Waals surface area contributed by atoms with E-state index >= 15 is 0 Å². The second kappa shape index (κ2) is 7.11. The lowest BCUT2D eigenvalue weighted by molar-refractivity contribution is 0.00652. The molecule has 0 amide bonds. The van der Waals surface area contributed by atoms with E-state index in [9.17, 15) is 15.0 Å². The molecule has 5 heteroatoms. The molecule has 0 saturated carbocycles. The third-order valence-corrected chi connectivity index (χ3v) is 2.91. The van der Waals surface area contributed by atoms with E-state index in [1.807, 2.05) is 0 Å². The van der Waals surface area contributed by atoms with Crippen molar-refractivity contribution in [2.75, 3.05) is 5.75 Å². The number of esters is 1. The highest BCUT2D eigenvalue weighted by Gasteiger charge is 2.21. The van der Waals surface area contributed by atoms with Crippen LogP contribution in [0.25, 0.3) is 0 Å². The van der Waals surface area contributed by atoms with Gasteiger partial charge in [-0.1, -0.05) is 12.1 Å². The van der Waals surface area contributed by atoms with Crippen LogP contribution in [0.3, 0.4) is 0 Å². The summed E-state index contributed by atoms with van der Waals surface area (Å²) in [5, 5.41) is 19.8. The topological polar surface area (TPSA) is 66.8 Å². The molecule has 0 fully saturated rings. The van der Waals surface area contributed by atoms with Crippen LogP contribution in [0.2, 0.25) is 0 Å². The summed E-state index contributed by atoms with van der Waals surface area (Å²) >= 11 is 4.02. The minimum atomic E-state index is -1.04. The van der Waals surface area contributed by atoms with Gasteiger partial charge in [-0.3, -0.25) is 0 Å². The third-order valence-electron chi connectivity index (χ3n) is 2.65. The fourth-order valence-electron chi connectivity index (χ4n) is 1.70. The van der Waals surface area contributed by atoms with Gasteiger partial charge in [0.25, 0.3) is 0 Å². The second-order valence-electron chi connectivity index (χ2n) is 5.65. The molecule has 1 aromatic rings. The fourth-order valence-corrected chi connectivity index (χ4v) is 1.96. The molecule has 1 rings (SSSR count). The molecule has 0 aliphatic carbocycles. The minimum Gasteiger partial charge on any atom is -0.456 e. The highest BCUT2D eigenvalue weighted by molar-refractivity contribution is 7.80. The molecule has 0 heterocycles. The lowest BCUT2D eigenvalue weighted by Crippen LogP contribution is -2.24. The number of thiol groups is 1. The fraction of sp³-hybridized carbons (Fsp3) is 0.533. The number of rotatable bonds is 5. The maximum absolute atomic E-state index is 12.0. The number of carbonyl (C=O) groups is 1. The molecule has 0 spiro atoms. The molecule has 0 radical (unpaired) electrons. The summed E-state index contributed by atoms with van der Waals surface area (Å²) in [5.41, 5.74) is 0.272. The number of ether oxygens (including phenoxy) is 1. The average molecular weight is 298 g/mol. The number of aliphatic hydroxyl groups is 2. The quantitative estimate of drug-likeness (QED) is 0.577. The van der Waals surface area contributed by atoms with Gasteiger partial charge >= 0.3 is 5.97 Å². The average Bonchev–Trinajstić information content (AvgIpc) is 2.36. The van der Waals surface area contributed by atoms with Crippen molar-refractivity contribution in [2.24, 2.45) is 0 Å². The standard InChI is InChI=1S/C15H22O4S/c1-15(2,3)19-14(18)11-6-4-5-10(9-11)13(17)12(16)7-8-20/h4-6,9,12-13,16-17,20H,7-8H2,1-3H3. The Balaban J connectivity index is 2.88. The van der Waals surface area contributed by atoms with Gasteiger partial charge in [-0.15, -0.1) is 0 Å². The molecule has 2 unspecified atom stereocenters. The highest BCUT2D eigenvalue weighted by Crippen LogP contribution is 2.21. The van der Waals surface area contributed by atoms with Crippen LogP contribution in [0.1, 0.15) is 49.2 Å². The van der Waals surface area contributed by atoms with Crippen LogP contribution in [0.15, 0.2) is 24.3 Å². The predicted octanol–water partition coefficient (Wildman–Crippen LogP) is 2.36. The van der Waals surface area contributed by atoms with Gasteiger partial charge in [0.2, 0.25) is 0 Å². The molecule has 0 saturated heterocycles. The monoisotopic (exact) mass is 298 g/mol. The zero-order valence-corrected chi connectivity index (χ0v) is 12.9. The Morgan fingerprint density at radius 2 is 2.00 bits per heavy atom. The van der Waals surface area contributed by atoms with Gasteiger partial charge in [0, 0.05) is 0 Å². The van der Waals surface area contributed by atoms with Crippen molar-refractivity contribution >= 4 is 18.6 Å². The van der Waals surface area contributed by atoms with E-state index < -0.39 is 23.8 Å². The van der Waals surface area contributed by atoms with E-state index in [4.69, 9.17) is 4.74 Å². The summed E-state index contributed by atoms with van der Waals surface area (Å²) in [4.78, 5) is 12.0.